The van der Waals surface area contributed by atoms with Crippen LogP contribution in [-0.2, 0) is 14.8 Å². The van der Waals surface area contributed by atoms with E-state index in [1.165, 1.54) is 24.3 Å². The summed E-state index contributed by atoms with van der Waals surface area (Å²) in [4.78, 5) is 25.8. The third-order valence-corrected chi connectivity index (χ3v) is 5.72. The lowest BCUT2D eigenvalue weighted by Gasteiger charge is -2.16. The van der Waals surface area contributed by atoms with Crippen LogP contribution in [0.4, 0.5) is 5.69 Å². The molecule has 0 aliphatic carbocycles. The number of carbonyl (C=O) groups excluding carboxylic acids is 2. The molecule has 0 atom stereocenters. The molecule has 1 heterocycles. The van der Waals surface area contributed by atoms with Gasteiger partial charge in [0.2, 0.25) is 5.91 Å². The molecular weight excluding hydrogens is 408 g/mol. The Morgan fingerprint density at radius 1 is 1.12 bits per heavy atom. The van der Waals surface area contributed by atoms with Gasteiger partial charge in [0.05, 0.1) is 4.90 Å². The molecule has 0 saturated carbocycles. The largest absolute Gasteiger partial charge is 0.312 e. The number of benzene rings is 2. The lowest BCUT2D eigenvalue weighted by molar-refractivity contribution is -0.117. The summed E-state index contributed by atoms with van der Waals surface area (Å²) in [7, 11) is -3.97. The van der Waals surface area contributed by atoms with E-state index in [4.69, 9.17) is 0 Å². The van der Waals surface area contributed by atoms with Crippen LogP contribution in [0.15, 0.2) is 57.9 Å². The highest BCUT2D eigenvalue weighted by Crippen LogP contribution is 2.22. The van der Waals surface area contributed by atoms with Gasteiger partial charge >= 0.3 is 0 Å². The van der Waals surface area contributed by atoms with E-state index in [0.29, 0.717) is 18.7 Å². The molecule has 2 amide bonds. The lowest BCUT2D eigenvalue weighted by Crippen LogP contribution is -2.31. The molecule has 1 fully saturated rings. The molecular formula is C17H15BrN2O4S. The number of carbonyl (C=O) groups is 2. The summed E-state index contributed by atoms with van der Waals surface area (Å²) >= 11 is 3.23. The van der Waals surface area contributed by atoms with Crippen molar-refractivity contribution in [2.24, 2.45) is 0 Å². The quantitative estimate of drug-likeness (QED) is 0.820. The first-order chi connectivity index (χ1) is 11.9. The van der Waals surface area contributed by atoms with Gasteiger partial charge in [-0.1, -0.05) is 22.0 Å². The van der Waals surface area contributed by atoms with Gasteiger partial charge in [-0.3, -0.25) is 9.59 Å². The Morgan fingerprint density at radius 2 is 1.84 bits per heavy atom. The van der Waals surface area contributed by atoms with E-state index in [-0.39, 0.29) is 16.4 Å². The van der Waals surface area contributed by atoms with Gasteiger partial charge in [-0.2, -0.15) is 0 Å². The summed E-state index contributed by atoms with van der Waals surface area (Å²) in [5, 5.41) is 0. The van der Waals surface area contributed by atoms with Crippen molar-refractivity contribution in [1.29, 1.82) is 0 Å². The number of nitrogens with zero attached hydrogens (tertiary/aromatic N) is 1. The van der Waals surface area contributed by atoms with Crippen LogP contribution in [0.5, 0.6) is 0 Å². The number of amides is 2. The van der Waals surface area contributed by atoms with Crippen molar-refractivity contribution in [3.63, 3.8) is 0 Å². The maximum Gasteiger partial charge on any atom is 0.265 e. The predicted molar refractivity (Wildman–Crippen MR) is 96.8 cm³/mol. The summed E-state index contributed by atoms with van der Waals surface area (Å²) in [6.07, 6.45) is 1.25. The Balaban J connectivity index is 1.81. The molecule has 6 nitrogen and oxygen atoms in total. The fourth-order valence-electron chi connectivity index (χ4n) is 2.59. The van der Waals surface area contributed by atoms with Crippen LogP contribution < -0.4 is 9.62 Å². The van der Waals surface area contributed by atoms with Crippen molar-refractivity contribution >= 4 is 43.5 Å². The zero-order chi connectivity index (χ0) is 18.0. The van der Waals surface area contributed by atoms with Gasteiger partial charge in [-0.25, -0.2) is 13.1 Å². The Bertz CT molecular complexity index is 926. The molecule has 2 aromatic rings. The Labute approximate surface area is 154 Å². The third-order valence-electron chi connectivity index (χ3n) is 3.84. The summed E-state index contributed by atoms with van der Waals surface area (Å²) in [6.45, 7) is 0.598. The molecule has 0 spiro atoms. The molecule has 0 bridgehead atoms. The molecule has 1 N–H and O–H groups in total. The van der Waals surface area contributed by atoms with E-state index in [1.807, 2.05) is 0 Å². The van der Waals surface area contributed by atoms with Crippen molar-refractivity contribution in [2.45, 2.75) is 17.7 Å². The first kappa shape index (κ1) is 17.6. The Hall–Kier alpha value is -2.19. The van der Waals surface area contributed by atoms with Crippen LogP contribution in [0.3, 0.4) is 0 Å². The molecule has 0 radical (unpaired) electrons. The highest BCUT2D eigenvalue weighted by molar-refractivity contribution is 9.10. The minimum Gasteiger partial charge on any atom is -0.312 e. The van der Waals surface area contributed by atoms with Crippen LogP contribution in [0.1, 0.15) is 23.2 Å². The van der Waals surface area contributed by atoms with Gasteiger partial charge in [-0.05, 0) is 48.9 Å². The lowest BCUT2D eigenvalue weighted by atomic mass is 10.2. The van der Waals surface area contributed by atoms with Gasteiger partial charge in [0, 0.05) is 28.7 Å². The van der Waals surface area contributed by atoms with Gasteiger partial charge in [0.1, 0.15) is 0 Å². The fraction of sp³-hybridized carbons (Fsp3) is 0.176. The third kappa shape index (κ3) is 3.91. The smallest absolute Gasteiger partial charge is 0.265 e. The minimum atomic E-state index is -3.97. The monoisotopic (exact) mass is 422 g/mol. The zero-order valence-corrected chi connectivity index (χ0v) is 15.5. The van der Waals surface area contributed by atoms with Crippen molar-refractivity contribution in [1.82, 2.24) is 4.72 Å². The second-order valence-electron chi connectivity index (χ2n) is 5.59. The van der Waals surface area contributed by atoms with Crippen LogP contribution in [0.25, 0.3) is 0 Å². The average Bonchev–Trinajstić information content (AvgIpc) is 3.01. The van der Waals surface area contributed by atoms with Crippen LogP contribution in [0.2, 0.25) is 0 Å². The number of sulfonamides is 1. The summed E-state index contributed by atoms with van der Waals surface area (Å²) in [6, 6.07) is 12.4. The van der Waals surface area contributed by atoms with Crippen molar-refractivity contribution in [3.05, 3.63) is 58.6 Å². The van der Waals surface area contributed by atoms with E-state index in [9.17, 15) is 18.0 Å². The number of hydrogen-bond donors (Lipinski definition) is 1. The molecule has 0 aromatic heterocycles. The maximum atomic E-state index is 12.3. The molecule has 1 saturated heterocycles. The molecule has 130 valence electrons. The standard InChI is InChI=1S/C17H15BrN2O4S/c18-13-6-8-15(9-7-13)25(23,24)19-17(22)12-3-1-4-14(11-12)20-10-2-5-16(20)21/h1,3-4,6-9,11H,2,5,10H2,(H,19,22). The topological polar surface area (TPSA) is 83.6 Å². The molecule has 25 heavy (non-hydrogen) atoms. The average molecular weight is 423 g/mol. The van der Waals surface area contributed by atoms with Crippen LogP contribution in [0, 0.1) is 0 Å². The maximum absolute atomic E-state index is 12.3. The minimum absolute atomic E-state index is 0.0000390. The summed E-state index contributed by atoms with van der Waals surface area (Å²) in [5.41, 5.74) is 0.772. The Morgan fingerprint density at radius 3 is 2.48 bits per heavy atom. The highest BCUT2D eigenvalue weighted by atomic mass is 79.9. The number of anilines is 1. The molecule has 1 aliphatic heterocycles. The summed E-state index contributed by atoms with van der Waals surface area (Å²) in [5.74, 6) is -0.739. The number of rotatable bonds is 4. The number of halogens is 1. The second kappa shape index (κ2) is 6.97. The van der Waals surface area contributed by atoms with Crippen molar-refractivity contribution < 1.29 is 18.0 Å². The highest BCUT2D eigenvalue weighted by Gasteiger charge is 2.23. The summed E-state index contributed by atoms with van der Waals surface area (Å²) < 4.78 is 27.4. The van der Waals surface area contributed by atoms with Gasteiger partial charge in [0.25, 0.3) is 15.9 Å². The molecule has 8 heteroatoms. The van der Waals surface area contributed by atoms with Gasteiger partial charge in [0.15, 0.2) is 0 Å². The molecule has 0 unspecified atom stereocenters. The van der Waals surface area contributed by atoms with Gasteiger partial charge < -0.3 is 4.90 Å². The SMILES string of the molecule is O=C(NS(=O)(=O)c1ccc(Br)cc1)c1cccc(N2CCCC2=O)c1. The Kier molecular flexibility index (Phi) is 4.91. The van der Waals surface area contributed by atoms with Crippen LogP contribution in [-0.4, -0.2) is 26.8 Å². The van der Waals surface area contributed by atoms with Crippen molar-refractivity contribution in [2.75, 3.05) is 11.4 Å². The molecule has 3 rings (SSSR count). The van der Waals surface area contributed by atoms with E-state index in [2.05, 4.69) is 20.7 Å². The second-order valence-corrected chi connectivity index (χ2v) is 8.19. The number of hydrogen-bond acceptors (Lipinski definition) is 4. The van der Waals surface area contributed by atoms with E-state index < -0.39 is 15.9 Å². The van der Waals surface area contributed by atoms with Crippen LogP contribution >= 0.6 is 15.9 Å². The number of nitrogens with one attached hydrogen (secondary N) is 1. The van der Waals surface area contributed by atoms with Crippen molar-refractivity contribution in [3.8, 4) is 0 Å². The first-order valence-electron chi connectivity index (χ1n) is 7.60. The van der Waals surface area contributed by atoms with Gasteiger partial charge in [-0.15, -0.1) is 0 Å². The molecule has 1 aliphatic rings. The normalized spacial score (nSPS) is 14.6. The van der Waals surface area contributed by atoms with E-state index in [1.54, 1.807) is 29.2 Å². The predicted octanol–water partition coefficient (Wildman–Crippen LogP) is 2.69. The van der Waals surface area contributed by atoms with E-state index in [0.717, 1.165) is 10.9 Å². The zero-order valence-electron chi connectivity index (χ0n) is 13.1. The van der Waals surface area contributed by atoms with E-state index >= 15 is 0 Å². The fourth-order valence-corrected chi connectivity index (χ4v) is 3.83. The molecule has 2 aromatic carbocycles. The first-order valence-corrected chi connectivity index (χ1v) is 9.87.